The van der Waals surface area contributed by atoms with Gasteiger partial charge in [-0.05, 0) is 79.1 Å². The molecule has 5 nitrogen and oxygen atoms in total. The second-order valence-electron chi connectivity index (χ2n) is 7.53. The van der Waals surface area contributed by atoms with Gasteiger partial charge in [-0.2, -0.15) is 0 Å². The summed E-state index contributed by atoms with van der Waals surface area (Å²) in [7, 11) is 3.19. The van der Waals surface area contributed by atoms with Crippen LogP contribution >= 0.6 is 11.6 Å². The first-order valence-electron chi connectivity index (χ1n) is 9.97. The number of carbonyl (C=O) groups excluding carboxylic acids is 1. The van der Waals surface area contributed by atoms with Gasteiger partial charge >= 0.3 is 0 Å². The quantitative estimate of drug-likeness (QED) is 0.477. The van der Waals surface area contributed by atoms with E-state index < -0.39 is 6.10 Å². The molecule has 160 valence electrons. The monoisotopic (exact) mass is 437 g/mol. The Balaban J connectivity index is 1.74. The standard InChI is InChI=1S/C25H24ClNO4/c1-15-5-9-19(13-16(15)2)27-23(17-6-12-21(29-3)22(14-17)30-4)24(25(27)28)31-20-10-7-18(26)8-11-20/h5-14,23-24H,1-4H3/t23-,24+/m1/s1. The van der Waals surface area contributed by atoms with Crippen LogP contribution in [0, 0.1) is 13.8 Å². The molecule has 1 aliphatic heterocycles. The van der Waals surface area contributed by atoms with E-state index in [1.54, 1.807) is 43.4 Å². The molecule has 3 aromatic carbocycles. The number of anilines is 1. The molecule has 0 unspecified atom stereocenters. The van der Waals surface area contributed by atoms with Gasteiger partial charge in [-0.25, -0.2) is 0 Å². The molecule has 0 saturated carbocycles. The van der Waals surface area contributed by atoms with Gasteiger partial charge in [0, 0.05) is 10.7 Å². The topological polar surface area (TPSA) is 48.0 Å². The van der Waals surface area contributed by atoms with Crippen LogP contribution in [0.5, 0.6) is 17.2 Å². The van der Waals surface area contributed by atoms with Gasteiger partial charge in [-0.1, -0.05) is 23.7 Å². The van der Waals surface area contributed by atoms with E-state index in [4.69, 9.17) is 25.8 Å². The molecule has 1 aliphatic rings. The maximum atomic E-state index is 13.2. The van der Waals surface area contributed by atoms with E-state index in [9.17, 15) is 4.79 Å². The molecule has 2 atom stereocenters. The number of benzene rings is 3. The van der Waals surface area contributed by atoms with Gasteiger partial charge in [0.25, 0.3) is 5.91 Å². The summed E-state index contributed by atoms with van der Waals surface area (Å²) in [6.07, 6.45) is -0.666. The highest BCUT2D eigenvalue weighted by Gasteiger charge is 2.51. The molecule has 1 saturated heterocycles. The number of halogens is 1. The molecule has 31 heavy (non-hydrogen) atoms. The van der Waals surface area contributed by atoms with Crippen molar-refractivity contribution in [2.75, 3.05) is 19.1 Å². The summed E-state index contributed by atoms with van der Waals surface area (Å²) in [6.45, 7) is 4.09. The number of carbonyl (C=O) groups is 1. The number of β-lactam (4-membered cyclic amide) rings is 1. The van der Waals surface area contributed by atoms with Crippen LogP contribution in [-0.4, -0.2) is 26.2 Å². The Kier molecular flexibility index (Phi) is 5.79. The third kappa shape index (κ3) is 3.93. The van der Waals surface area contributed by atoms with Crippen LogP contribution in [0.1, 0.15) is 22.7 Å². The minimum absolute atomic E-state index is 0.0991. The lowest BCUT2D eigenvalue weighted by Gasteiger charge is -2.47. The van der Waals surface area contributed by atoms with E-state index in [0.717, 1.165) is 16.8 Å². The predicted octanol–water partition coefficient (Wildman–Crippen LogP) is 5.51. The van der Waals surface area contributed by atoms with Crippen molar-refractivity contribution in [2.24, 2.45) is 0 Å². The Morgan fingerprint density at radius 1 is 0.839 bits per heavy atom. The highest BCUT2D eigenvalue weighted by Crippen LogP contribution is 2.43. The summed E-state index contributed by atoms with van der Waals surface area (Å²) in [4.78, 5) is 15.0. The summed E-state index contributed by atoms with van der Waals surface area (Å²) in [5, 5.41) is 0.612. The first-order valence-corrected chi connectivity index (χ1v) is 10.3. The zero-order valence-corrected chi connectivity index (χ0v) is 18.6. The fourth-order valence-corrected chi connectivity index (χ4v) is 3.89. The lowest BCUT2D eigenvalue weighted by Crippen LogP contribution is -2.61. The van der Waals surface area contributed by atoms with E-state index in [1.165, 1.54) is 5.56 Å². The molecule has 1 fully saturated rings. The lowest BCUT2D eigenvalue weighted by atomic mass is 9.89. The van der Waals surface area contributed by atoms with E-state index in [2.05, 4.69) is 6.92 Å². The van der Waals surface area contributed by atoms with Crippen LogP contribution < -0.4 is 19.1 Å². The Morgan fingerprint density at radius 2 is 1.55 bits per heavy atom. The van der Waals surface area contributed by atoms with E-state index in [0.29, 0.717) is 22.3 Å². The van der Waals surface area contributed by atoms with Crippen LogP contribution in [-0.2, 0) is 4.79 Å². The van der Waals surface area contributed by atoms with Crippen molar-refractivity contribution in [3.63, 3.8) is 0 Å². The number of ether oxygens (including phenoxy) is 3. The summed E-state index contributed by atoms with van der Waals surface area (Å²) in [5.74, 6) is 1.72. The summed E-state index contributed by atoms with van der Waals surface area (Å²) < 4.78 is 16.9. The maximum Gasteiger partial charge on any atom is 0.271 e. The summed E-state index contributed by atoms with van der Waals surface area (Å²) >= 11 is 5.99. The van der Waals surface area contributed by atoms with Gasteiger partial charge in [0.2, 0.25) is 6.10 Å². The van der Waals surface area contributed by atoms with Crippen molar-refractivity contribution in [2.45, 2.75) is 26.0 Å². The summed E-state index contributed by atoms with van der Waals surface area (Å²) in [6, 6.07) is 18.4. The van der Waals surface area contributed by atoms with Crippen molar-refractivity contribution in [3.05, 3.63) is 82.4 Å². The molecule has 1 amide bonds. The smallest absolute Gasteiger partial charge is 0.271 e. The number of amides is 1. The molecule has 6 heteroatoms. The number of nitrogens with zero attached hydrogens (tertiary/aromatic N) is 1. The minimum atomic E-state index is -0.666. The normalized spacial score (nSPS) is 17.8. The fourth-order valence-electron chi connectivity index (χ4n) is 3.76. The van der Waals surface area contributed by atoms with Crippen molar-refractivity contribution in [3.8, 4) is 17.2 Å². The number of rotatable bonds is 6. The molecular weight excluding hydrogens is 414 g/mol. The van der Waals surface area contributed by atoms with E-state index in [-0.39, 0.29) is 11.9 Å². The van der Waals surface area contributed by atoms with Gasteiger partial charge in [-0.15, -0.1) is 0 Å². The first kappa shape index (κ1) is 21.1. The van der Waals surface area contributed by atoms with Gasteiger partial charge in [-0.3, -0.25) is 9.69 Å². The maximum absolute atomic E-state index is 13.2. The molecule has 0 aromatic heterocycles. The number of aryl methyl sites for hydroxylation is 2. The van der Waals surface area contributed by atoms with Crippen LogP contribution in [0.25, 0.3) is 0 Å². The van der Waals surface area contributed by atoms with E-state index in [1.807, 2.05) is 43.3 Å². The van der Waals surface area contributed by atoms with Crippen molar-refractivity contribution in [1.82, 2.24) is 0 Å². The van der Waals surface area contributed by atoms with Gasteiger partial charge in [0.05, 0.1) is 14.2 Å². The Morgan fingerprint density at radius 3 is 2.19 bits per heavy atom. The van der Waals surface area contributed by atoms with Crippen LogP contribution in [0.3, 0.4) is 0 Å². The van der Waals surface area contributed by atoms with Crippen LogP contribution in [0.4, 0.5) is 5.69 Å². The first-order chi connectivity index (χ1) is 14.9. The fraction of sp³-hybridized carbons (Fsp3) is 0.240. The molecule has 0 aliphatic carbocycles. The number of hydrogen-bond donors (Lipinski definition) is 0. The Hall–Kier alpha value is -3.18. The molecular formula is C25H24ClNO4. The second kappa shape index (κ2) is 8.52. The van der Waals surface area contributed by atoms with Gasteiger partial charge in [0.15, 0.2) is 11.5 Å². The van der Waals surface area contributed by atoms with Crippen molar-refractivity contribution >= 4 is 23.2 Å². The molecule has 3 aromatic rings. The average molecular weight is 438 g/mol. The van der Waals surface area contributed by atoms with Crippen molar-refractivity contribution in [1.29, 1.82) is 0 Å². The third-order valence-electron chi connectivity index (χ3n) is 5.64. The van der Waals surface area contributed by atoms with Gasteiger partial charge in [0.1, 0.15) is 11.8 Å². The van der Waals surface area contributed by atoms with Crippen molar-refractivity contribution < 1.29 is 19.0 Å². The average Bonchev–Trinajstić information content (AvgIpc) is 2.78. The number of methoxy groups -OCH3 is 2. The molecule has 0 N–H and O–H groups in total. The van der Waals surface area contributed by atoms with E-state index >= 15 is 0 Å². The lowest BCUT2D eigenvalue weighted by molar-refractivity contribution is -0.135. The predicted molar refractivity (Wildman–Crippen MR) is 122 cm³/mol. The zero-order valence-electron chi connectivity index (χ0n) is 17.9. The minimum Gasteiger partial charge on any atom is -0.493 e. The largest absolute Gasteiger partial charge is 0.493 e. The molecule has 0 spiro atoms. The van der Waals surface area contributed by atoms with Gasteiger partial charge < -0.3 is 14.2 Å². The van der Waals surface area contributed by atoms with Crippen LogP contribution in [0.15, 0.2) is 60.7 Å². The molecule has 4 rings (SSSR count). The second-order valence-corrected chi connectivity index (χ2v) is 7.96. The Bertz CT molecular complexity index is 1110. The molecule has 1 heterocycles. The van der Waals surface area contributed by atoms with Crippen LogP contribution in [0.2, 0.25) is 5.02 Å². The third-order valence-corrected chi connectivity index (χ3v) is 5.89. The number of hydrogen-bond acceptors (Lipinski definition) is 4. The highest BCUT2D eigenvalue weighted by atomic mass is 35.5. The molecule has 0 radical (unpaired) electrons. The Labute approximate surface area is 187 Å². The SMILES string of the molecule is COc1ccc([C@@H]2[C@H](Oc3ccc(Cl)cc3)C(=O)N2c2ccc(C)c(C)c2)cc1OC. The zero-order chi connectivity index (χ0) is 22.1. The highest BCUT2D eigenvalue weighted by molar-refractivity contribution is 6.30. The molecule has 0 bridgehead atoms. The summed E-state index contributed by atoms with van der Waals surface area (Å²) in [5.41, 5.74) is 4.03.